The fourth-order valence-corrected chi connectivity index (χ4v) is 3.08. The van der Waals surface area contributed by atoms with E-state index in [-0.39, 0.29) is 23.8 Å². The third kappa shape index (κ3) is 1.62. The molecule has 0 aromatic heterocycles. The Balaban J connectivity index is 2.11. The molecule has 5 nitrogen and oxygen atoms in total. The lowest BCUT2D eigenvalue weighted by molar-refractivity contribution is -0.506. The molecule has 0 amide bonds. The van der Waals surface area contributed by atoms with Crippen molar-refractivity contribution in [2.24, 2.45) is 17.3 Å². The highest BCUT2D eigenvalue weighted by Gasteiger charge is 2.57. The molecule has 0 saturated heterocycles. The molecule has 0 heterocycles. The van der Waals surface area contributed by atoms with Crippen LogP contribution in [0.1, 0.15) is 19.3 Å². The first-order valence-corrected chi connectivity index (χ1v) is 5.04. The van der Waals surface area contributed by atoms with E-state index in [0.29, 0.717) is 12.3 Å². The summed E-state index contributed by atoms with van der Waals surface area (Å²) in [5.74, 6) is -0.370. The number of carboxylic acids is 1. The lowest BCUT2D eigenvalue weighted by atomic mass is 9.53. The Hall–Kier alpha value is -1.39. The summed E-state index contributed by atoms with van der Waals surface area (Å²) in [6.07, 6.45) is 5.45. The molecular formula is C10H13NO4. The second-order valence-electron chi connectivity index (χ2n) is 4.56. The maximum Gasteiger partial charge on any atom is 0.304 e. The minimum absolute atomic E-state index is 0.0726. The van der Waals surface area contributed by atoms with Gasteiger partial charge in [0.15, 0.2) is 0 Å². The highest BCUT2D eigenvalue weighted by Crippen LogP contribution is 2.58. The van der Waals surface area contributed by atoms with Crippen molar-refractivity contribution in [2.45, 2.75) is 19.3 Å². The Kier molecular flexibility index (Phi) is 2.25. The molecule has 2 aliphatic rings. The van der Waals surface area contributed by atoms with Crippen LogP contribution in [0.5, 0.6) is 0 Å². The minimum atomic E-state index is -0.929. The van der Waals surface area contributed by atoms with E-state index in [1.807, 2.05) is 6.08 Å². The van der Waals surface area contributed by atoms with Gasteiger partial charge in [-0.05, 0) is 24.7 Å². The quantitative estimate of drug-likeness (QED) is 0.432. The number of hydrogen-bond donors (Lipinski definition) is 1. The van der Waals surface area contributed by atoms with Gasteiger partial charge in [-0.3, -0.25) is 14.9 Å². The molecule has 15 heavy (non-hydrogen) atoms. The van der Waals surface area contributed by atoms with Gasteiger partial charge in [-0.15, -0.1) is 0 Å². The van der Waals surface area contributed by atoms with E-state index in [4.69, 9.17) is 5.11 Å². The maximum atomic E-state index is 10.7. The summed E-state index contributed by atoms with van der Waals surface area (Å²) in [5.41, 5.74) is -0.594. The van der Waals surface area contributed by atoms with Gasteiger partial charge in [-0.1, -0.05) is 12.2 Å². The number of fused-ring (bicyclic) bond motifs is 1. The van der Waals surface area contributed by atoms with Crippen LogP contribution < -0.4 is 0 Å². The Bertz CT molecular complexity index is 320. The number of aliphatic carboxylic acids is 1. The van der Waals surface area contributed by atoms with Crippen LogP contribution in [0.2, 0.25) is 0 Å². The standard InChI is InChI=1S/C10H13NO4/c12-9(13)5-10(6-11(14)15)4-7-2-1-3-8(7)10/h1-2,7-8H,3-6H2,(H,12,13)/t7-,8-,10-/m1/s1. The molecular weight excluding hydrogens is 198 g/mol. The van der Waals surface area contributed by atoms with Crippen molar-refractivity contribution in [3.05, 3.63) is 22.3 Å². The van der Waals surface area contributed by atoms with Crippen molar-refractivity contribution < 1.29 is 14.8 Å². The van der Waals surface area contributed by atoms with Crippen molar-refractivity contribution in [3.63, 3.8) is 0 Å². The molecule has 0 aliphatic heterocycles. The first kappa shape index (κ1) is 10.1. The van der Waals surface area contributed by atoms with E-state index in [2.05, 4.69) is 6.08 Å². The van der Waals surface area contributed by atoms with Crippen molar-refractivity contribution in [1.82, 2.24) is 0 Å². The summed E-state index contributed by atoms with van der Waals surface area (Å²) in [4.78, 5) is 20.9. The summed E-state index contributed by atoms with van der Waals surface area (Å²) in [6.45, 7) is -0.206. The molecule has 5 heteroatoms. The van der Waals surface area contributed by atoms with Crippen molar-refractivity contribution in [3.8, 4) is 0 Å². The predicted molar refractivity (Wildman–Crippen MR) is 51.9 cm³/mol. The van der Waals surface area contributed by atoms with Crippen LogP contribution in [0.3, 0.4) is 0 Å². The number of nitrogens with zero attached hydrogens (tertiary/aromatic N) is 1. The molecule has 3 atom stereocenters. The first-order valence-electron chi connectivity index (χ1n) is 5.04. The van der Waals surface area contributed by atoms with E-state index in [0.717, 1.165) is 6.42 Å². The van der Waals surface area contributed by atoms with Crippen molar-refractivity contribution in [1.29, 1.82) is 0 Å². The number of hydrogen-bond acceptors (Lipinski definition) is 3. The Morgan fingerprint density at radius 1 is 1.67 bits per heavy atom. The van der Waals surface area contributed by atoms with E-state index in [1.54, 1.807) is 0 Å². The molecule has 0 bridgehead atoms. The zero-order chi connectivity index (χ0) is 11.1. The van der Waals surface area contributed by atoms with E-state index in [9.17, 15) is 14.9 Å². The van der Waals surface area contributed by atoms with Gasteiger partial charge in [-0.2, -0.15) is 0 Å². The second kappa shape index (κ2) is 3.32. The number of rotatable bonds is 4. The predicted octanol–water partition coefficient (Wildman–Crippen LogP) is 1.32. The third-order valence-corrected chi connectivity index (χ3v) is 3.67. The Morgan fingerprint density at radius 2 is 2.40 bits per heavy atom. The number of nitro groups is 1. The zero-order valence-electron chi connectivity index (χ0n) is 8.26. The normalized spacial score (nSPS) is 37.1. The molecule has 1 fully saturated rings. The first-order chi connectivity index (χ1) is 7.03. The van der Waals surface area contributed by atoms with E-state index >= 15 is 0 Å². The van der Waals surface area contributed by atoms with Gasteiger partial charge in [0, 0.05) is 10.3 Å². The van der Waals surface area contributed by atoms with Crippen molar-refractivity contribution in [2.75, 3.05) is 6.54 Å². The molecule has 2 rings (SSSR count). The average Bonchev–Trinajstić information content (AvgIpc) is 2.44. The minimum Gasteiger partial charge on any atom is -0.481 e. The van der Waals surface area contributed by atoms with Gasteiger partial charge in [-0.25, -0.2) is 0 Å². The van der Waals surface area contributed by atoms with Gasteiger partial charge >= 0.3 is 5.97 Å². The lowest BCUT2D eigenvalue weighted by Crippen LogP contribution is -2.51. The van der Waals surface area contributed by atoms with Crippen LogP contribution in [0, 0.1) is 27.4 Å². The van der Waals surface area contributed by atoms with E-state index < -0.39 is 11.4 Å². The van der Waals surface area contributed by atoms with Gasteiger partial charge in [0.25, 0.3) is 0 Å². The summed E-state index contributed by atoms with van der Waals surface area (Å²) < 4.78 is 0. The molecule has 1 saturated carbocycles. The fraction of sp³-hybridized carbons (Fsp3) is 0.700. The number of carboxylic acid groups (broad SMARTS) is 1. The summed E-state index contributed by atoms with van der Waals surface area (Å²) in [7, 11) is 0. The lowest BCUT2D eigenvalue weighted by Gasteiger charge is -2.49. The van der Waals surface area contributed by atoms with Crippen LogP contribution in [0.25, 0.3) is 0 Å². The fourth-order valence-electron chi connectivity index (χ4n) is 3.08. The van der Waals surface area contributed by atoms with Crippen LogP contribution in [-0.2, 0) is 4.79 Å². The van der Waals surface area contributed by atoms with Gasteiger partial charge < -0.3 is 5.11 Å². The highest BCUT2D eigenvalue weighted by atomic mass is 16.6. The second-order valence-corrected chi connectivity index (χ2v) is 4.56. The number of allylic oxidation sites excluding steroid dienone is 2. The molecule has 82 valence electrons. The molecule has 0 spiro atoms. The Morgan fingerprint density at radius 3 is 2.93 bits per heavy atom. The molecule has 0 radical (unpaired) electrons. The van der Waals surface area contributed by atoms with Crippen LogP contribution in [-0.4, -0.2) is 22.5 Å². The third-order valence-electron chi connectivity index (χ3n) is 3.67. The van der Waals surface area contributed by atoms with Crippen LogP contribution in [0.15, 0.2) is 12.2 Å². The summed E-state index contributed by atoms with van der Waals surface area (Å²) in [5, 5.41) is 19.4. The van der Waals surface area contributed by atoms with Crippen LogP contribution in [0.4, 0.5) is 0 Å². The molecule has 0 aromatic rings. The smallest absolute Gasteiger partial charge is 0.304 e. The van der Waals surface area contributed by atoms with Gasteiger partial charge in [0.2, 0.25) is 6.54 Å². The average molecular weight is 211 g/mol. The monoisotopic (exact) mass is 211 g/mol. The van der Waals surface area contributed by atoms with Gasteiger partial charge in [0.05, 0.1) is 6.42 Å². The molecule has 1 N–H and O–H groups in total. The zero-order valence-corrected chi connectivity index (χ0v) is 8.26. The van der Waals surface area contributed by atoms with Crippen molar-refractivity contribution >= 4 is 5.97 Å². The summed E-state index contributed by atoms with van der Waals surface area (Å²) in [6, 6.07) is 0. The van der Waals surface area contributed by atoms with Gasteiger partial charge in [0.1, 0.15) is 0 Å². The van der Waals surface area contributed by atoms with E-state index in [1.165, 1.54) is 0 Å². The summed E-state index contributed by atoms with van der Waals surface area (Å²) >= 11 is 0. The highest BCUT2D eigenvalue weighted by molar-refractivity contribution is 5.68. The largest absolute Gasteiger partial charge is 0.481 e. The topological polar surface area (TPSA) is 80.4 Å². The number of carbonyl (C=O) groups is 1. The Labute approximate surface area is 86.9 Å². The molecule has 2 aliphatic carbocycles. The SMILES string of the molecule is O=C(O)C[C@@]1(C[N+](=O)[O-])C[C@H]2C=CC[C@H]21. The molecule has 0 aromatic carbocycles. The maximum absolute atomic E-state index is 10.7. The van der Waals surface area contributed by atoms with Crippen LogP contribution >= 0.6 is 0 Å². The molecule has 0 unspecified atom stereocenters.